The first-order chi connectivity index (χ1) is 21.1. The Kier molecular flexibility index (Phi) is 6.62. The Morgan fingerprint density at radius 1 is 0.651 bits per heavy atom. The maximum atomic E-state index is 14.7. The van der Waals surface area contributed by atoms with Gasteiger partial charge in [-0.2, -0.15) is 0 Å². The predicted octanol–water partition coefficient (Wildman–Crippen LogP) is 7.22. The van der Waals surface area contributed by atoms with Gasteiger partial charge < -0.3 is 28.7 Å². The molecular formula is C36H31N3O4. The number of H-pyrrole nitrogens is 2. The average Bonchev–Trinajstić information content (AvgIpc) is 3.67. The molecule has 0 aliphatic carbocycles. The Balaban J connectivity index is 1.51. The zero-order chi connectivity index (χ0) is 29.5. The van der Waals surface area contributed by atoms with E-state index in [2.05, 4.69) is 16.0 Å². The molecule has 0 spiro atoms. The van der Waals surface area contributed by atoms with Crippen LogP contribution in [0.3, 0.4) is 0 Å². The summed E-state index contributed by atoms with van der Waals surface area (Å²) in [5.41, 5.74) is 6.44. The van der Waals surface area contributed by atoms with E-state index in [-0.39, 0.29) is 11.5 Å². The minimum Gasteiger partial charge on any atom is -0.497 e. The first-order valence-corrected chi connectivity index (χ1v) is 14.1. The Labute approximate surface area is 248 Å². The molecule has 4 aromatic carbocycles. The lowest BCUT2D eigenvalue weighted by atomic mass is 9.84. The van der Waals surface area contributed by atoms with Crippen molar-refractivity contribution in [1.29, 1.82) is 0 Å². The number of hydrogen-bond donors (Lipinski definition) is 2. The van der Waals surface area contributed by atoms with Gasteiger partial charge in [-0.05, 0) is 82.7 Å². The highest BCUT2D eigenvalue weighted by molar-refractivity contribution is 5.91. The highest BCUT2D eigenvalue weighted by Gasteiger charge is 2.27. The fraction of sp³-hybridized carbons (Fsp3) is 0.139. The minimum atomic E-state index is -0.388. The maximum Gasteiger partial charge on any atom is 0.255 e. The Morgan fingerprint density at radius 2 is 1.21 bits per heavy atom. The van der Waals surface area contributed by atoms with Crippen LogP contribution in [0.25, 0.3) is 32.7 Å². The van der Waals surface area contributed by atoms with Gasteiger partial charge in [0.1, 0.15) is 17.2 Å². The van der Waals surface area contributed by atoms with Crippen LogP contribution in [-0.4, -0.2) is 35.9 Å². The topological polar surface area (TPSA) is 81.3 Å². The smallest absolute Gasteiger partial charge is 0.255 e. The first-order valence-electron chi connectivity index (χ1n) is 14.1. The van der Waals surface area contributed by atoms with Gasteiger partial charge in [0.2, 0.25) is 0 Å². The lowest BCUT2D eigenvalue weighted by Gasteiger charge is -2.20. The van der Waals surface area contributed by atoms with Crippen LogP contribution in [-0.2, 0) is 6.54 Å². The molecule has 2 N–H and O–H groups in total. The van der Waals surface area contributed by atoms with Gasteiger partial charge in [-0.1, -0.05) is 30.3 Å². The molecule has 7 nitrogen and oxygen atoms in total. The van der Waals surface area contributed by atoms with E-state index in [4.69, 9.17) is 14.2 Å². The normalized spacial score (nSPS) is 11.5. The highest BCUT2D eigenvalue weighted by Crippen LogP contribution is 2.40. The molecule has 43 heavy (non-hydrogen) atoms. The summed E-state index contributed by atoms with van der Waals surface area (Å²) in [6.07, 6.45) is 4.02. The van der Waals surface area contributed by atoms with Crippen molar-refractivity contribution in [2.75, 3.05) is 21.3 Å². The summed E-state index contributed by atoms with van der Waals surface area (Å²) < 4.78 is 18.4. The summed E-state index contributed by atoms with van der Waals surface area (Å²) in [7, 11) is 4.98. The Morgan fingerprint density at radius 3 is 1.79 bits per heavy atom. The third-order valence-electron chi connectivity index (χ3n) is 8.31. The van der Waals surface area contributed by atoms with Crippen molar-refractivity contribution >= 4 is 32.7 Å². The zero-order valence-electron chi connectivity index (χ0n) is 24.2. The zero-order valence-corrected chi connectivity index (χ0v) is 24.2. The van der Waals surface area contributed by atoms with E-state index in [1.165, 1.54) is 0 Å². The van der Waals surface area contributed by atoms with Crippen molar-refractivity contribution in [3.05, 3.63) is 136 Å². The van der Waals surface area contributed by atoms with Gasteiger partial charge in [0.05, 0.1) is 33.4 Å². The van der Waals surface area contributed by atoms with Gasteiger partial charge in [-0.3, -0.25) is 4.79 Å². The molecule has 3 heterocycles. The number of rotatable bonds is 8. The van der Waals surface area contributed by atoms with E-state index < -0.39 is 0 Å². The van der Waals surface area contributed by atoms with E-state index in [1.54, 1.807) is 21.3 Å². The number of ether oxygens (including phenoxy) is 3. The maximum absolute atomic E-state index is 14.7. The third-order valence-corrected chi connectivity index (χ3v) is 8.31. The van der Waals surface area contributed by atoms with E-state index in [1.807, 2.05) is 102 Å². The summed E-state index contributed by atoms with van der Waals surface area (Å²) in [5, 5.41) is 2.98. The fourth-order valence-electron chi connectivity index (χ4n) is 6.10. The second-order valence-electron chi connectivity index (χ2n) is 10.6. The monoisotopic (exact) mass is 569 g/mol. The van der Waals surface area contributed by atoms with Crippen molar-refractivity contribution in [2.24, 2.45) is 0 Å². The molecule has 7 aromatic rings. The molecule has 214 valence electrons. The second-order valence-corrected chi connectivity index (χ2v) is 10.6. The van der Waals surface area contributed by atoms with Crippen LogP contribution in [0.1, 0.15) is 28.2 Å². The summed E-state index contributed by atoms with van der Waals surface area (Å²) in [6.45, 7) is 0.424. The molecule has 0 radical (unpaired) electrons. The van der Waals surface area contributed by atoms with Crippen molar-refractivity contribution < 1.29 is 14.2 Å². The summed E-state index contributed by atoms with van der Waals surface area (Å²) in [4.78, 5) is 21.6. The van der Waals surface area contributed by atoms with Gasteiger partial charge in [-0.15, -0.1) is 0 Å². The number of pyridine rings is 1. The number of methoxy groups -OCH3 is 3. The number of hydrogen-bond acceptors (Lipinski definition) is 4. The van der Waals surface area contributed by atoms with Crippen LogP contribution in [0.4, 0.5) is 0 Å². The molecule has 7 heteroatoms. The summed E-state index contributed by atoms with van der Waals surface area (Å²) in [5.74, 6) is 1.89. The molecule has 0 fully saturated rings. The lowest BCUT2D eigenvalue weighted by molar-refractivity contribution is 0.414. The van der Waals surface area contributed by atoms with E-state index in [0.29, 0.717) is 12.1 Å². The number of aromatic amines is 2. The van der Waals surface area contributed by atoms with Crippen LogP contribution in [0.2, 0.25) is 0 Å². The largest absolute Gasteiger partial charge is 0.497 e. The van der Waals surface area contributed by atoms with Crippen LogP contribution >= 0.6 is 0 Å². The molecule has 7 rings (SSSR count). The number of aromatic nitrogens is 3. The molecule has 0 amide bonds. The Bertz CT molecular complexity index is 2070. The first kappa shape index (κ1) is 26.5. The lowest BCUT2D eigenvalue weighted by Crippen LogP contribution is -2.27. The molecule has 0 unspecified atom stereocenters. The molecule has 0 saturated heterocycles. The van der Waals surface area contributed by atoms with E-state index in [0.717, 1.165) is 66.6 Å². The molecule has 0 aliphatic heterocycles. The number of fused-ring (bicyclic) bond motifs is 3. The average molecular weight is 570 g/mol. The molecule has 0 saturated carbocycles. The highest BCUT2D eigenvalue weighted by atomic mass is 16.5. The molecule has 0 atom stereocenters. The van der Waals surface area contributed by atoms with Crippen LogP contribution < -0.4 is 19.8 Å². The predicted molar refractivity (Wildman–Crippen MR) is 171 cm³/mol. The third kappa shape index (κ3) is 4.59. The van der Waals surface area contributed by atoms with Gasteiger partial charge in [0.25, 0.3) is 5.56 Å². The quantitative estimate of drug-likeness (QED) is 0.203. The van der Waals surface area contributed by atoms with E-state index in [9.17, 15) is 4.79 Å². The summed E-state index contributed by atoms with van der Waals surface area (Å²) >= 11 is 0. The molecular weight excluding hydrogens is 538 g/mol. The van der Waals surface area contributed by atoms with Crippen molar-refractivity contribution in [3.63, 3.8) is 0 Å². The van der Waals surface area contributed by atoms with Gasteiger partial charge in [0.15, 0.2) is 0 Å². The SMILES string of the molecule is COc1ccc(Cn2c(=O)c(C(c3c[nH]c4ccc(OC)cc34)c3c[nH]c4ccc(OC)cc34)cc3ccccc32)cc1. The summed E-state index contributed by atoms with van der Waals surface area (Å²) in [6, 6.07) is 29.9. The Hall–Kier alpha value is -5.43. The van der Waals surface area contributed by atoms with Crippen molar-refractivity contribution in [1.82, 2.24) is 14.5 Å². The van der Waals surface area contributed by atoms with Crippen LogP contribution in [0.5, 0.6) is 17.2 Å². The number of nitrogens with one attached hydrogen (secondary N) is 2. The fourth-order valence-corrected chi connectivity index (χ4v) is 6.10. The minimum absolute atomic E-state index is 0.0472. The number of para-hydroxylation sites is 1. The van der Waals surface area contributed by atoms with Crippen LogP contribution in [0.15, 0.2) is 108 Å². The van der Waals surface area contributed by atoms with Crippen molar-refractivity contribution in [2.45, 2.75) is 12.5 Å². The standard InChI is InChI=1S/C36H31N3O4/c1-41-24-10-8-22(9-11-24)21-39-34-7-5-4-6-23(34)16-29(36(39)40)35(30-19-37-32-14-12-25(42-2)17-27(30)32)31-20-38-33-15-13-26(43-3)18-28(31)33/h4-20,35,37-38H,21H2,1-3H3. The van der Waals surface area contributed by atoms with Gasteiger partial charge in [-0.25, -0.2) is 0 Å². The number of benzene rings is 4. The second kappa shape index (κ2) is 10.8. The van der Waals surface area contributed by atoms with Crippen LogP contribution in [0, 0.1) is 0 Å². The van der Waals surface area contributed by atoms with Crippen molar-refractivity contribution in [3.8, 4) is 17.2 Å². The molecule has 0 aliphatic rings. The molecule has 3 aromatic heterocycles. The molecule has 0 bridgehead atoms. The van der Waals surface area contributed by atoms with Gasteiger partial charge >= 0.3 is 0 Å². The van der Waals surface area contributed by atoms with E-state index >= 15 is 0 Å². The number of nitrogens with zero attached hydrogens (tertiary/aromatic N) is 1. The van der Waals surface area contributed by atoms with Gasteiger partial charge in [0, 0.05) is 45.7 Å².